The van der Waals surface area contributed by atoms with Crippen LogP contribution in [-0.4, -0.2) is 18.4 Å². The van der Waals surface area contributed by atoms with E-state index < -0.39 is 0 Å². The molecule has 0 aliphatic heterocycles. The third kappa shape index (κ3) is 6.34. The van der Waals surface area contributed by atoms with Gasteiger partial charge in [-0.05, 0) is 54.7 Å². The fraction of sp³-hybridized carbons (Fsp3) is 0.417. The van der Waals surface area contributed by atoms with Gasteiger partial charge in [-0.3, -0.25) is 9.59 Å². The van der Waals surface area contributed by atoms with Crippen LogP contribution in [0.3, 0.4) is 0 Å². The van der Waals surface area contributed by atoms with Gasteiger partial charge in [-0.1, -0.05) is 51.3 Å². The summed E-state index contributed by atoms with van der Waals surface area (Å²) in [6, 6.07) is 15.2. The lowest BCUT2D eigenvalue weighted by molar-refractivity contribution is -0.119. The number of hydrogen-bond donors (Lipinski definition) is 2. The second kappa shape index (κ2) is 10.1. The maximum absolute atomic E-state index is 12.2. The molecule has 5 nitrogen and oxygen atoms in total. The minimum atomic E-state index is -0.242. The summed E-state index contributed by atoms with van der Waals surface area (Å²) < 4.78 is 5.63. The molecule has 0 unspecified atom stereocenters. The molecule has 2 aromatic carbocycles. The molecule has 0 spiro atoms. The molecule has 154 valence electrons. The van der Waals surface area contributed by atoms with Crippen LogP contribution in [0.1, 0.15) is 57.4 Å². The van der Waals surface area contributed by atoms with E-state index in [1.807, 2.05) is 26.0 Å². The Kier molecular flexibility index (Phi) is 7.28. The van der Waals surface area contributed by atoms with E-state index in [2.05, 4.69) is 22.8 Å². The Morgan fingerprint density at radius 2 is 1.62 bits per heavy atom. The van der Waals surface area contributed by atoms with Crippen LogP contribution in [0.25, 0.3) is 0 Å². The minimum absolute atomic E-state index is 0.0616. The second-order valence-electron chi connectivity index (χ2n) is 7.97. The van der Waals surface area contributed by atoms with Gasteiger partial charge in [-0.2, -0.15) is 0 Å². The molecule has 0 radical (unpaired) electrons. The average Bonchev–Trinajstić information content (AvgIpc) is 2.73. The van der Waals surface area contributed by atoms with Crippen LogP contribution in [0.5, 0.6) is 5.75 Å². The molecule has 1 aliphatic rings. The highest BCUT2D eigenvalue weighted by Gasteiger charge is 2.15. The van der Waals surface area contributed by atoms with E-state index in [-0.39, 0.29) is 24.3 Å². The number of amides is 2. The SMILES string of the molecule is CC(C)C(=O)Nc1cccc(NC(=O)COc2ccc(C3CCCCC3)cc2)c1. The van der Waals surface area contributed by atoms with Crippen molar-refractivity contribution in [3.05, 3.63) is 54.1 Å². The molecule has 0 bridgehead atoms. The number of nitrogens with one attached hydrogen (secondary N) is 2. The third-order valence-corrected chi connectivity index (χ3v) is 5.26. The zero-order valence-electron chi connectivity index (χ0n) is 17.2. The van der Waals surface area contributed by atoms with Crippen molar-refractivity contribution in [1.82, 2.24) is 0 Å². The van der Waals surface area contributed by atoms with E-state index in [0.717, 1.165) is 0 Å². The van der Waals surface area contributed by atoms with E-state index in [9.17, 15) is 9.59 Å². The summed E-state index contributed by atoms with van der Waals surface area (Å²) >= 11 is 0. The monoisotopic (exact) mass is 394 g/mol. The Morgan fingerprint density at radius 3 is 2.28 bits per heavy atom. The number of ether oxygens (including phenoxy) is 1. The Bertz CT molecular complexity index is 824. The average molecular weight is 395 g/mol. The Morgan fingerprint density at radius 1 is 0.966 bits per heavy atom. The quantitative estimate of drug-likeness (QED) is 0.665. The number of anilines is 2. The molecule has 2 amide bonds. The predicted octanol–water partition coefficient (Wildman–Crippen LogP) is 5.35. The molecule has 1 aliphatic carbocycles. The first-order valence-corrected chi connectivity index (χ1v) is 10.4. The van der Waals surface area contributed by atoms with E-state index in [1.165, 1.54) is 37.7 Å². The molecule has 0 aromatic heterocycles. The van der Waals surface area contributed by atoms with Crippen molar-refractivity contribution >= 4 is 23.2 Å². The number of carbonyl (C=O) groups is 2. The maximum Gasteiger partial charge on any atom is 0.262 e. The van der Waals surface area contributed by atoms with Gasteiger partial charge in [-0.15, -0.1) is 0 Å². The van der Waals surface area contributed by atoms with Crippen LogP contribution in [0.4, 0.5) is 11.4 Å². The summed E-state index contributed by atoms with van der Waals surface area (Å²) in [5, 5.41) is 5.63. The zero-order valence-corrected chi connectivity index (χ0v) is 17.2. The first-order valence-electron chi connectivity index (χ1n) is 10.4. The van der Waals surface area contributed by atoms with Gasteiger partial charge in [0.15, 0.2) is 6.61 Å². The highest BCUT2D eigenvalue weighted by atomic mass is 16.5. The molecule has 2 N–H and O–H groups in total. The van der Waals surface area contributed by atoms with Gasteiger partial charge >= 0.3 is 0 Å². The van der Waals surface area contributed by atoms with Crippen molar-refractivity contribution in [3.8, 4) is 5.75 Å². The Labute approximate surface area is 172 Å². The molecular formula is C24H30N2O3. The van der Waals surface area contributed by atoms with E-state index in [1.54, 1.807) is 24.3 Å². The van der Waals surface area contributed by atoms with Crippen LogP contribution >= 0.6 is 0 Å². The largest absolute Gasteiger partial charge is 0.484 e. The van der Waals surface area contributed by atoms with Crippen molar-refractivity contribution in [1.29, 1.82) is 0 Å². The smallest absolute Gasteiger partial charge is 0.262 e. The number of carbonyl (C=O) groups excluding carboxylic acids is 2. The fourth-order valence-electron chi connectivity index (χ4n) is 3.58. The summed E-state index contributed by atoms with van der Waals surface area (Å²) in [7, 11) is 0. The van der Waals surface area contributed by atoms with E-state index >= 15 is 0 Å². The van der Waals surface area contributed by atoms with Crippen molar-refractivity contribution in [2.75, 3.05) is 17.2 Å². The molecular weight excluding hydrogens is 364 g/mol. The topological polar surface area (TPSA) is 67.4 Å². The number of rotatable bonds is 7. The Balaban J connectivity index is 1.49. The van der Waals surface area contributed by atoms with Gasteiger partial charge in [0.1, 0.15) is 5.75 Å². The Hall–Kier alpha value is -2.82. The lowest BCUT2D eigenvalue weighted by Gasteiger charge is -2.22. The van der Waals surface area contributed by atoms with Gasteiger partial charge in [0.25, 0.3) is 5.91 Å². The maximum atomic E-state index is 12.2. The minimum Gasteiger partial charge on any atom is -0.484 e. The first kappa shape index (κ1) is 20.9. The number of hydrogen-bond acceptors (Lipinski definition) is 3. The molecule has 0 saturated heterocycles. The highest BCUT2D eigenvalue weighted by Crippen LogP contribution is 2.33. The van der Waals surface area contributed by atoms with Crippen molar-refractivity contribution in [2.45, 2.75) is 51.9 Å². The molecule has 0 atom stereocenters. The summed E-state index contributed by atoms with van der Waals surface area (Å²) in [6.45, 7) is 3.60. The van der Waals surface area contributed by atoms with Crippen molar-refractivity contribution in [3.63, 3.8) is 0 Å². The highest BCUT2D eigenvalue weighted by molar-refractivity contribution is 5.95. The summed E-state index contributed by atoms with van der Waals surface area (Å²) in [4.78, 5) is 24.0. The zero-order chi connectivity index (χ0) is 20.6. The lowest BCUT2D eigenvalue weighted by atomic mass is 9.84. The van der Waals surface area contributed by atoms with Crippen LogP contribution in [0, 0.1) is 5.92 Å². The summed E-state index contributed by atoms with van der Waals surface area (Å²) in [5.41, 5.74) is 2.63. The summed E-state index contributed by atoms with van der Waals surface area (Å²) in [5.74, 6) is 0.940. The second-order valence-corrected chi connectivity index (χ2v) is 7.97. The molecule has 3 rings (SSSR count). The van der Waals surface area contributed by atoms with E-state index in [4.69, 9.17) is 4.74 Å². The third-order valence-electron chi connectivity index (χ3n) is 5.26. The lowest BCUT2D eigenvalue weighted by Crippen LogP contribution is -2.21. The number of benzene rings is 2. The molecule has 0 heterocycles. The van der Waals surface area contributed by atoms with Gasteiger partial charge in [0, 0.05) is 17.3 Å². The summed E-state index contributed by atoms with van der Waals surface area (Å²) in [6.07, 6.45) is 6.50. The van der Waals surface area contributed by atoms with Gasteiger partial charge in [0.2, 0.25) is 5.91 Å². The van der Waals surface area contributed by atoms with Crippen LogP contribution in [-0.2, 0) is 9.59 Å². The van der Waals surface area contributed by atoms with Crippen LogP contribution in [0.2, 0.25) is 0 Å². The molecule has 29 heavy (non-hydrogen) atoms. The molecule has 5 heteroatoms. The molecule has 2 aromatic rings. The molecule has 1 saturated carbocycles. The van der Waals surface area contributed by atoms with Crippen molar-refractivity contribution in [2.24, 2.45) is 5.92 Å². The fourth-order valence-corrected chi connectivity index (χ4v) is 3.58. The van der Waals surface area contributed by atoms with Gasteiger partial charge < -0.3 is 15.4 Å². The first-order chi connectivity index (χ1) is 14.0. The van der Waals surface area contributed by atoms with Crippen LogP contribution in [0.15, 0.2) is 48.5 Å². The van der Waals surface area contributed by atoms with Crippen molar-refractivity contribution < 1.29 is 14.3 Å². The van der Waals surface area contributed by atoms with Gasteiger partial charge in [-0.25, -0.2) is 0 Å². The van der Waals surface area contributed by atoms with E-state index in [0.29, 0.717) is 23.0 Å². The normalized spacial score (nSPS) is 14.4. The predicted molar refractivity (Wildman–Crippen MR) is 116 cm³/mol. The standard InChI is InChI=1S/C24H30N2O3/c1-17(2)24(28)26-21-10-6-9-20(15-21)25-23(27)16-29-22-13-11-19(12-14-22)18-7-4-3-5-8-18/h6,9-15,17-18H,3-5,7-8,16H2,1-2H3,(H,25,27)(H,26,28). The van der Waals surface area contributed by atoms with Crippen LogP contribution < -0.4 is 15.4 Å². The van der Waals surface area contributed by atoms with Gasteiger partial charge in [0.05, 0.1) is 0 Å². The molecule has 1 fully saturated rings.